The third kappa shape index (κ3) is 4.33. The fourth-order valence-electron chi connectivity index (χ4n) is 2.38. The van der Waals surface area contributed by atoms with Gasteiger partial charge in [0.25, 0.3) is 0 Å². The van der Waals surface area contributed by atoms with Gasteiger partial charge in [0, 0.05) is 19.2 Å². The second-order valence-electron chi connectivity index (χ2n) is 5.30. The van der Waals surface area contributed by atoms with Crippen molar-refractivity contribution >= 4 is 6.09 Å². The number of amides is 1. The van der Waals surface area contributed by atoms with Gasteiger partial charge >= 0.3 is 6.09 Å². The van der Waals surface area contributed by atoms with Gasteiger partial charge in [-0.2, -0.15) is 5.26 Å². The summed E-state index contributed by atoms with van der Waals surface area (Å²) in [5, 5.41) is 27.2. The first kappa shape index (κ1) is 16.0. The van der Waals surface area contributed by atoms with E-state index in [0.29, 0.717) is 37.2 Å². The predicted molar refractivity (Wildman–Crippen MR) is 77.2 cm³/mol. The quantitative estimate of drug-likeness (QED) is 0.859. The third-order valence-corrected chi connectivity index (χ3v) is 3.72. The number of ether oxygens (including phenoxy) is 1. The molecule has 1 fully saturated rings. The minimum atomic E-state index is -0.910. The summed E-state index contributed by atoms with van der Waals surface area (Å²) < 4.78 is 5.64. The molecule has 7 nitrogen and oxygen atoms in total. The summed E-state index contributed by atoms with van der Waals surface area (Å²) >= 11 is 0. The number of piperidine rings is 1. The summed E-state index contributed by atoms with van der Waals surface area (Å²) in [6, 6.07) is 6.98. The van der Waals surface area contributed by atoms with E-state index in [2.05, 4.69) is 4.98 Å². The molecule has 1 atom stereocenters. The van der Waals surface area contributed by atoms with Crippen LogP contribution in [0.4, 0.5) is 4.79 Å². The third-order valence-electron chi connectivity index (χ3n) is 3.72. The molecule has 0 spiro atoms. The van der Waals surface area contributed by atoms with Crippen LogP contribution in [-0.2, 0) is 0 Å². The van der Waals surface area contributed by atoms with Crippen molar-refractivity contribution in [1.82, 2.24) is 9.88 Å². The zero-order valence-corrected chi connectivity index (χ0v) is 12.2. The van der Waals surface area contributed by atoms with E-state index < -0.39 is 12.2 Å². The number of hydrogen-bond acceptors (Lipinski definition) is 5. The lowest BCUT2D eigenvalue weighted by Gasteiger charge is -2.29. The van der Waals surface area contributed by atoms with Crippen LogP contribution < -0.4 is 4.74 Å². The Kier molecular flexibility index (Phi) is 5.55. The number of aromatic nitrogens is 1. The molecule has 1 aliphatic rings. The van der Waals surface area contributed by atoms with Crippen molar-refractivity contribution in [3.8, 4) is 11.9 Å². The van der Waals surface area contributed by atoms with E-state index >= 15 is 0 Å². The summed E-state index contributed by atoms with van der Waals surface area (Å²) in [6.07, 6.45) is -0.261. The van der Waals surface area contributed by atoms with Gasteiger partial charge in [-0.25, -0.2) is 9.78 Å². The van der Waals surface area contributed by atoms with Crippen molar-refractivity contribution in [1.29, 1.82) is 5.26 Å². The molecular formula is C15H19N3O4. The van der Waals surface area contributed by atoms with Crippen molar-refractivity contribution in [2.75, 3.05) is 19.7 Å². The Balaban J connectivity index is 1.84. The summed E-state index contributed by atoms with van der Waals surface area (Å²) in [5.41, 5.74) is 0.416. The molecule has 1 amide bonds. The molecule has 1 aromatic heterocycles. The van der Waals surface area contributed by atoms with E-state index in [1.807, 2.05) is 6.07 Å². The summed E-state index contributed by atoms with van der Waals surface area (Å²) in [4.78, 5) is 16.4. The van der Waals surface area contributed by atoms with Gasteiger partial charge in [-0.3, -0.25) is 0 Å². The van der Waals surface area contributed by atoms with Crippen LogP contribution in [-0.4, -0.2) is 45.9 Å². The number of nitriles is 1. The van der Waals surface area contributed by atoms with Crippen LogP contribution in [0.15, 0.2) is 18.2 Å². The standard InChI is InChI=1S/C15H19N3O4/c16-7-4-13(19)12-2-1-3-14(17-12)22-10-11-5-8-18(9-6-11)15(20)21/h1-3,11,13,19H,4-6,8-10H2,(H,20,21). The number of pyridine rings is 1. The van der Waals surface area contributed by atoms with Crippen LogP contribution in [0.5, 0.6) is 5.88 Å². The molecule has 0 radical (unpaired) electrons. The Morgan fingerprint density at radius 3 is 2.86 bits per heavy atom. The van der Waals surface area contributed by atoms with Gasteiger partial charge in [0.15, 0.2) is 0 Å². The van der Waals surface area contributed by atoms with E-state index in [-0.39, 0.29) is 6.42 Å². The molecule has 2 N–H and O–H groups in total. The number of carboxylic acid groups (broad SMARTS) is 1. The lowest BCUT2D eigenvalue weighted by atomic mass is 9.98. The van der Waals surface area contributed by atoms with Gasteiger partial charge < -0.3 is 19.8 Å². The highest BCUT2D eigenvalue weighted by Gasteiger charge is 2.22. The first-order valence-corrected chi connectivity index (χ1v) is 7.22. The van der Waals surface area contributed by atoms with E-state index in [1.165, 1.54) is 4.90 Å². The number of likely N-dealkylation sites (tertiary alicyclic amines) is 1. The number of hydrogen-bond donors (Lipinski definition) is 2. The normalized spacial score (nSPS) is 16.8. The molecule has 1 aromatic rings. The van der Waals surface area contributed by atoms with Crippen molar-refractivity contribution < 1.29 is 19.7 Å². The SMILES string of the molecule is N#CCC(O)c1cccc(OCC2CCN(C(=O)O)CC2)n1. The Bertz CT molecular complexity index is 550. The highest BCUT2D eigenvalue weighted by atomic mass is 16.5. The zero-order chi connectivity index (χ0) is 15.9. The van der Waals surface area contributed by atoms with Crippen molar-refractivity contribution in [3.63, 3.8) is 0 Å². The Morgan fingerprint density at radius 1 is 1.50 bits per heavy atom. The molecule has 2 heterocycles. The number of aliphatic hydroxyl groups is 1. The average Bonchev–Trinajstić information content (AvgIpc) is 2.54. The van der Waals surface area contributed by atoms with E-state index in [9.17, 15) is 9.90 Å². The van der Waals surface area contributed by atoms with E-state index in [0.717, 1.165) is 12.8 Å². The fourth-order valence-corrected chi connectivity index (χ4v) is 2.38. The van der Waals surface area contributed by atoms with Gasteiger partial charge in [-0.15, -0.1) is 0 Å². The molecule has 2 rings (SSSR count). The molecule has 0 aromatic carbocycles. The van der Waals surface area contributed by atoms with Gasteiger partial charge in [-0.1, -0.05) is 6.07 Å². The number of aliphatic hydroxyl groups excluding tert-OH is 1. The lowest BCUT2D eigenvalue weighted by molar-refractivity contribution is 0.110. The molecule has 0 saturated carbocycles. The number of carbonyl (C=O) groups is 1. The lowest BCUT2D eigenvalue weighted by Crippen LogP contribution is -2.38. The van der Waals surface area contributed by atoms with Crippen LogP contribution >= 0.6 is 0 Å². The van der Waals surface area contributed by atoms with Gasteiger partial charge in [0.2, 0.25) is 5.88 Å². The molecule has 0 aliphatic carbocycles. The number of rotatable bonds is 5. The Hall–Kier alpha value is -2.33. The zero-order valence-electron chi connectivity index (χ0n) is 12.2. The van der Waals surface area contributed by atoms with E-state index in [4.69, 9.17) is 15.1 Å². The second-order valence-corrected chi connectivity index (χ2v) is 5.30. The van der Waals surface area contributed by atoms with Crippen molar-refractivity contribution in [2.45, 2.75) is 25.4 Å². The summed E-state index contributed by atoms with van der Waals surface area (Å²) in [7, 11) is 0. The van der Waals surface area contributed by atoms with Crippen molar-refractivity contribution in [2.24, 2.45) is 5.92 Å². The van der Waals surface area contributed by atoms with Gasteiger partial charge in [0.05, 0.1) is 24.8 Å². The van der Waals surface area contributed by atoms with Gasteiger partial charge in [0.1, 0.15) is 6.10 Å². The summed E-state index contributed by atoms with van der Waals surface area (Å²) in [5.74, 6) is 0.709. The molecule has 7 heteroatoms. The number of nitrogens with zero attached hydrogens (tertiary/aromatic N) is 3. The average molecular weight is 305 g/mol. The molecule has 1 unspecified atom stereocenters. The maximum Gasteiger partial charge on any atom is 0.407 e. The minimum Gasteiger partial charge on any atom is -0.477 e. The minimum absolute atomic E-state index is 0.00982. The summed E-state index contributed by atoms with van der Waals surface area (Å²) in [6.45, 7) is 1.52. The molecule has 22 heavy (non-hydrogen) atoms. The molecule has 118 valence electrons. The highest BCUT2D eigenvalue weighted by molar-refractivity contribution is 5.64. The predicted octanol–water partition coefficient (Wildman–Crippen LogP) is 1.80. The fraction of sp³-hybridized carbons (Fsp3) is 0.533. The maximum absolute atomic E-state index is 10.8. The van der Waals surface area contributed by atoms with Crippen LogP contribution in [0.2, 0.25) is 0 Å². The topological polar surface area (TPSA) is 107 Å². The van der Waals surface area contributed by atoms with Crippen LogP contribution in [0, 0.1) is 17.2 Å². The second kappa shape index (κ2) is 7.61. The molecular weight excluding hydrogens is 286 g/mol. The largest absolute Gasteiger partial charge is 0.477 e. The molecule has 1 aliphatic heterocycles. The van der Waals surface area contributed by atoms with Crippen LogP contribution in [0.3, 0.4) is 0 Å². The Morgan fingerprint density at radius 2 is 2.23 bits per heavy atom. The van der Waals surface area contributed by atoms with E-state index in [1.54, 1.807) is 18.2 Å². The molecule has 1 saturated heterocycles. The highest BCUT2D eigenvalue weighted by Crippen LogP contribution is 2.20. The molecule has 0 bridgehead atoms. The monoisotopic (exact) mass is 305 g/mol. The first-order chi connectivity index (χ1) is 10.6. The Labute approximate surface area is 128 Å². The van der Waals surface area contributed by atoms with Crippen LogP contribution in [0.25, 0.3) is 0 Å². The van der Waals surface area contributed by atoms with Gasteiger partial charge in [-0.05, 0) is 24.8 Å². The first-order valence-electron chi connectivity index (χ1n) is 7.22. The van der Waals surface area contributed by atoms with Crippen molar-refractivity contribution in [3.05, 3.63) is 23.9 Å². The van der Waals surface area contributed by atoms with Crippen LogP contribution in [0.1, 0.15) is 31.1 Å². The smallest absolute Gasteiger partial charge is 0.407 e. The maximum atomic E-state index is 10.8.